The lowest BCUT2D eigenvalue weighted by Gasteiger charge is -2.10. The number of nitrogen functional groups attached to an aromatic ring is 1. The molecule has 0 saturated carbocycles. The van der Waals surface area contributed by atoms with Gasteiger partial charge in [0, 0.05) is 6.54 Å². The van der Waals surface area contributed by atoms with Gasteiger partial charge in [0.05, 0.1) is 30.1 Å². The molecule has 2 aromatic carbocycles. The molecule has 4 nitrogen and oxygen atoms in total. The van der Waals surface area contributed by atoms with Gasteiger partial charge in [0.25, 0.3) is 0 Å². The van der Waals surface area contributed by atoms with Crippen molar-refractivity contribution in [2.24, 2.45) is 0 Å². The molecule has 0 amide bonds. The highest BCUT2D eigenvalue weighted by Gasteiger charge is 2.01. The van der Waals surface area contributed by atoms with Crippen LogP contribution >= 0.6 is 0 Å². The standard InChI is InChI=1S/C15H15N3O/c1-19-13-5-2-11(3-6-13)10-18-15-7-4-12(9-16)8-14(15)17/h2-8,18H,10,17H2,1H3. The van der Waals surface area contributed by atoms with Crippen LogP contribution in [0.3, 0.4) is 0 Å². The topological polar surface area (TPSA) is 71.1 Å². The van der Waals surface area contributed by atoms with Crippen LogP contribution in [0.4, 0.5) is 11.4 Å². The van der Waals surface area contributed by atoms with E-state index < -0.39 is 0 Å². The van der Waals surface area contributed by atoms with E-state index in [1.807, 2.05) is 30.3 Å². The van der Waals surface area contributed by atoms with Gasteiger partial charge >= 0.3 is 0 Å². The highest BCUT2D eigenvalue weighted by molar-refractivity contribution is 5.68. The number of nitrogens with one attached hydrogen (secondary N) is 1. The first-order valence-electron chi connectivity index (χ1n) is 5.89. The third kappa shape index (κ3) is 3.17. The van der Waals surface area contributed by atoms with Crippen molar-refractivity contribution >= 4 is 11.4 Å². The Morgan fingerprint density at radius 2 is 1.95 bits per heavy atom. The molecule has 0 aliphatic carbocycles. The molecule has 19 heavy (non-hydrogen) atoms. The van der Waals surface area contributed by atoms with Crippen molar-refractivity contribution in [1.29, 1.82) is 5.26 Å². The zero-order valence-electron chi connectivity index (χ0n) is 10.7. The van der Waals surface area contributed by atoms with E-state index in [-0.39, 0.29) is 0 Å². The Bertz CT molecular complexity index is 600. The second-order valence-corrected chi connectivity index (χ2v) is 4.12. The van der Waals surface area contributed by atoms with E-state index in [1.54, 1.807) is 19.2 Å². The summed E-state index contributed by atoms with van der Waals surface area (Å²) in [6, 6.07) is 15.1. The van der Waals surface area contributed by atoms with Gasteiger partial charge in [0.2, 0.25) is 0 Å². The lowest BCUT2D eigenvalue weighted by molar-refractivity contribution is 0.414. The number of nitrogens with two attached hydrogens (primary N) is 1. The van der Waals surface area contributed by atoms with E-state index in [2.05, 4.69) is 11.4 Å². The first kappa shape index (κ1) is 12.8. The Morgan fingerprint density at radius 3 is 2.53 bits per heavy atom. The van der Waals surface area contributed by atoms with Crippen LogP contribution in [-0.2, 0) is 6.54 Å². The highest BCUT2D eigenvalue weighted by Crippen LogP contribution is 2.20. The zero-order chi connectivity index (χ0) is 13.7. The molecular formula is C15H15N3O. The van der Waals surface area contributed by atoms with Crippen LogP contribution in [0, 0.1) is 11.3 Å². The molecule has 0 fully saturated rings. The number of benzene rings is 2. The van der Waals surface area contributed by atoms with E-state index in [9.17, 15) is 0 Å². The van der Waals surface area contributed by atoms with Gasteiger partial charge in [0.1, 0.15) is 5.75 Å². The van der Waals surface area contributed by atoms with Gasteiger partial charge in [-0.3, -0.25) is 0 Å². The van der Waals surface area contributed by atoms with Crippen molar-refractivity contribution in [3.8, 4) is 11.8 Å². The molecule has 0 aliphatic rings. The molecule has 0 atom stereocenters. The third-order valence-electron chi connectivity index (χ3n) is 2.82. The lowest BCUT2D eigenvalue weighted by atomic mass is 10.1. The molecule has 0 unspecified atom stereocenters. The zero-order valence-corrected chi connectivity index (χ0v) is 10.7. The summed E-state index contributed by atoms with van der Waals surface area (Å²) in [5, 5.41) is 12.0. The quantitative estimate of drug-likeness (QED) is 0.822. The average molecular weight is 253 g/mol. The van der Waals surface area contributed by atoms with Crippen molar-refractivity contribution in [1.82, 2.24) is 0 Å². The molecule has 0 heterocycles. The molecule has 0 aliphatic heterocycles. The van der Waals surface area contributed by atoms with E-state index in [0.717, 1.165) is 17.0 Å². The first-order valence-corrected chi connectivity index (χ1v) is 5.89. The van der Waals surface area contributed by atoms with Crippen LogP contribution in [0.5, 0.6) is 5.75 Å². The van der Waals surface area contributed by atoms with Gasteiger partial charge in [-0.15, -0.1) is 0 Å². The molecule has 3 N–H and O–H groups in total. The summed E-state index contributed by atoms with van der Waals surface area (Å²) in [5.41, 5.74) is 8.97. The summed E-state index contributed by atoms with van der Waals surface area (Å²) in [5.74, 6) is 0.835. The Morgan fingerprint density at radius 1 is 1.21 bits per heavy atom. The average Bonchev–Trinajstić information content (AvgIpc) is 2.46. The predicted molar refractivity (Wildman–Crippen MR) is 75.9 cm³/mol. The maximum Gasteiger partial charge on any atom is 0.118 e. The minimum Gasteiger partial charge on any atom is -0.497 e. The minimum atomic E-state index is 0.562. The van der Waals surface area contributed by atoms with Crippen molar-refractivity contribution < 1.29 is 4.74 Å². The van der Waals surface area contributed by atoms with E-state index in [0.29, 0.717) is 17.8 Å². The molecule has 0 aromatic heterocycles. The number of hydrogen-bond donors (Lipinski definition) is 2. The minimum absolute atomic E-state index is 0.562. The van der Waals surface area contributed by atoms with Gasteiger partial charge in [-0.1, -0.05) is 12.1 Å². The van der Waals surface area contributed by atoms with Gasteiger partial charge in [0.15, 0.2) is 0 Å². The van der Waals surface area contributed by atoms with Crippen LogP contribution in [0.2, 0.25) is 0 Å². The van der Waals surface area contributed by atoms with Crippen molar-refractivity contribution in [2.45, 2.75) is 6.54 Å². The van der Waals surface area contributed by atoms with Gasteiger partial charge in [-0.25, -0.2) is 0 Å². The Labute approximate surface area is 112 Å². The molecule has 0 bridgehead atoms. The van der Waals surface area contributed by atoms with E-state index in [4.69, 9.17) is 15.7 Å². The van der Waals surface area contributed by atoms with Crippen molar-refractivity contribution in [3.63, 3.8) is 0 Å². The van der Waals surface area contributed by atoms with Crippen LogP contribution in [-0.4, -0.2) is 7.11 Å². The summed E-state index contributed by atoms with van der Waals surface area (Å²) in [6.07, 6.45) is 0. The largest absolute Gasteiger partial charge is 0.497 e. The molecular weight excluding hydrogens is 238 g/mol. The van der Waals surface area contributed by atoms with Gasteiger partial charge in [-0.2, -0.15) is 5.26 Å². The number of rotatable bonds is 4. The highest BCUT2D eigenvalue weighted by atomic mass is 16.5. The first-order chi connectivity index (χ1) is 9.22. The number of methoxy groups -OCH3 is 1. The van der Waals surface area contributed by atoms with Crippen LogP contribution < -0.4 is 15.8 Å². The normalized spacial score (nSPS) is 9.68. The number of anilines is 2. The number of ether oxygens (including phenoxy) is 1. The van der Waals surface area contributed by atoms with Crippen molar-refractivity contribution in [2.75, 3.05) is 18.2 Å². The second kappa shape index (κ2) is 5.78. The molecule has 4 heteroatoms. The maximum absolute atomic E-state index is 8.77. The van der Waals surface area contributed by atoms with Crippen LogP contribution in [0.15, 0.2) is 42.5 Å². The lowest BCUT2D eigenvalue weighted by Crippen LogP contribution is -2.02. The second-order valence-electron chi connectivity index (χ2n) is 4.12. The summed E-state index contributed by atoms with van der Waals surface area (Å²) in [4.78, 5) is 0. The van der Waals surface area contributed by atoms with Crippen LogP contribution in [0.1, 0.15) is 11.1 Å². The Kier molecular flexibility index (Phi) is 3.89. The summed E-state index contributed by atoms with van der Waals surface area (Å²) < 4.78 is 5.11. The molecule has 2 aromatic rings. The fourth-order valence-electron chi connectivity index (χ4n) is 1.73. The summed E-state index contributed by atoms with van der Waals surface area (Å²) in [6.45, 7) is 0.667. The Hall–Kier alpha value is -2.67. The molecule has 2 rings (SSSR count). The Balaban J connectivity index is 2.04. The number of hydrogen-bond acceptors (Lipinski definition) is 4. The SMILES string of the molecule is COc1ccc(CNc2ccc(C#N)cc2N)cc1. The predicted octanol–water partition coefficient (Wildman–Crippen LogP) is 2.76. The van der Waals surface area contributed by atoms with Gasteiger partial charge in [-0.05, 0) is 35.9 Å². The van der Waals surface area contributed by atoms with Crippen molar-refractivity contribution in [3.05, 3.63) is 53.6 Å². The smallest absolute Gasteiger partial charge is 0.118 e. The number of nitriles is 1. The summed E-state index contributed by atoms with van der Waals surface area (Å²) in [7, 11) is 1.64. The monoisotopic (exact) mass is 253 g/mol. The molecule has 0 saturated heterocycles. The molecule has 96 valence electrons. The van der Waals surface area contributed by atoms with Gasteiger partial charge < -0.3 is 15.8 Å². The third-order valence-corrected chi connectivity index (χ3v) is 2.82. The molecule has 0 radical (unpaired) electrons. The summed E-state index contributed by atoms with van der Waals surface area (Å²) >= 11 is 0. The van der Waals surface area contributed by atoms with E-state index in [1.165, 1.54) is 0 Å². The maximum atomic E-state index is 8.77. The fraction of sp³-hybridized carbons (Fsp3) is 0.133. The molecule has 0 spiro atoms. The van der Waals surface area contributed by atoms with E-state index >= 15 is 0 Å². The number of nitrogens with zero attached hydrogens (tertiary/aromatic N) is 1. The van der Waals surface area contributed by atoms with Crippen LogP contribution in [0.25, 0.3) is 0 Å². The fourth-order valence-corrected chi connectivity index (χ4v) is 1.73.